The summed E-state index contributed by atoms with van der Waals surface area (Å²) in [6.07, 6.45) is 16.2. The number of carbonyl (C=O) groups is 1. The van der Waals surface area contributed by atoms with Gasteiger partial charge in [-0.15, -0.1) is 0 Å². The van der Waals surface area contributed by atoms with E-state index in [0.717, 1.165) is 12.8 Å². The van der Waals surface area contributed by atoms with Crippen LogP contribution in [0.3, 0.4) is 0 Å². The highest BCUT2D eigenvalue weighted by Crippen LogP contribution is 2.18. The summed E-state index contributed by atoms with van der Waals surface area (Å²) in [6.45, 7) is 6.78. The molecule has 0 aromatic carbocycles. The molecule has 0 aliphatic heterocycles. The summed E-state index contributed by atoms with van der Waals surface area (Å²) in [5.41, 5.74) is 0. The molecule has 20 heavy (non-hydrogen) atoms. The number of esters is 1. The molecule has 0 aliphatic rings. The number of ether oxygens (including phenoxy) is 1. The van der Waals surface area contributed by atoms with E-state index >= 15 is 0 Å². The molecular formula is C18H34O2. The van der Waals surface area contributed by atoms with Crippen molar-refractivity contribution in [1.82, 2.24) is 0 Å². The zero-order valence-corrected chi connectivity index (χ0v) is 13.8. The lowest BCUT2D eigenvalue weighted by Gasteiger charge is -2.12. The van der Waals surface area contributed by atoms with E-state index in [4.69, 9.17) is 4.74 Å². The molecule has 0 bridgehead atoms. The van der Waals surface area contributed by atoms with Crippen LogP contribution in [0, 0.1) is 5.92 Å². The van der Waals surface area contributed by atoms with Gasteiger partial charge in [-0.05, 0) is 25.7 Å². The quantitative estimate of drug-likeness (QED) is 0.247. The molecule has 0 amide bonds. The highest BCUT2D eigenvalue weighted by Gasteiger charge is 2.11. The van der Waals surface area contributed by atoms with Gasteiger partial charge < -0.3 is 4.74 Å². The number of unbranched alkanes of at least 4 members (excludes halogenated alkanes) is 6. The largest absolute Gasteiger partial charge is 0.466 e. The molecular weight excluding hydrogens is 248 g/mol. The van der Waals surface area contributed by atoms with Gasteiger partial charge >= 0.3 is 5.97 Å². The average Bonchev–Trinajstić information content (AvgIpc) is 2.43. The molecule has 0 aromatic heterocycles. The highest BCUT2D eigenvalue weighted by molar-refractivity contribution is 5.69. The van der Waals surface area contributed by atoms with Crippen molar-refractivity contribution in [3.63, 3.8) is 0 Å². The van der Waals surface area contributed by atoms with Gasteiger partial charge in [-0.3, -0.25) is 4.79 Å². The predicted molar refractivity (Wildman–Crippen MR) is 86.8 cm³/mol. The van der Waals surface area contributed by atoms with Crippen molar-refractivity contribution in [2.24, 2.45) is 5.92 Å². The minimum absolute atomic E-state index is 0.0513. The SMILES string of the molecule is CCC/C=C/C(CCCCCCCC)CC(=O)OCC. The predicted octanol–water partition coefficient (Wildman–Crippen LogP) is 5.66. The van der Waals surface area contributed by atoms with Gasteiger partial charge in [0, 0.05) is 0 Å². The third kappa shape index (κ3) is 12.3. The van der Waals surface area contributed by atoms with Crippen molar-refractivity contribution < 1.29 is 9.53 Å². The third-order valence-electron chi connectivity index (χ3n) is 3.53. The number of hydrogen-bond acceptors (Lipinski definition) is 2. The lowest BCUT2D eigenvalue weighted by atomic mass is 9.96. The minimum atomic E-state index is -0.0513. The zero-order chi connectivity index (χ0) is 15.1. The Morgan fingerprint density at radius 2 is 1.70 bits per heavy atom. The second-order valence-electron chi connectivity index (χ2n) is 5.54. The van der Waals surface area contributed by atoms with Crippen molar-refractivity contribution in [3.8, 4) is 0 Å². The molecule has 0 saturated heterocycles. The fourth-order valence-corrected chi connectivity index (χ4v) is 2.34. The van der Waals surface area contributed by atoms with Crippen molar-refractivity contribution >= 4 is 5.97 Å². The van der Waals surface area contributed by atoms with Crippen LogP contribution in [0.15, 0.2) is 12.2 Å². The van der Waals surface area contributed by atoms with Crippen LogP contribution >= 0.6 is 0 Å². The normalized spacial score (nSPS) is 12.8. The summed E-state index contributed by atoms with van der Waals surface area (Å²) in [4.78, 5) is 11.6. The Balaban J connectivity index is 3.94. The topological polar surface area (TPSA) is 26.3 Å². The van der Waals surface area contributed by atoms with Crippen molar-refractivity contribution in [2.75, 3.05) is 6.61 Å². The monoisotopic (exact) mass is 282 g/mol. The maximum atomic E-state index is 11.6. The molecule has 0 spiro atoms. The van der Waals surface area contributed by atoms with E-state index in [1.165, 1.54) is 44.9 Å². The Labute approximate surface area is 126 Å². The van der Waals surface area contributed by atoms with Crippen LogP contribution in [0.25, 0.3) is 0 Å². The van der Waals surface area contributed by atoms with Crippen LogP contribution in [-0.2, 0) is 9.53 Å². The van der Waals surface area contributed by atoms with Crippen LogP contribution < -0.4 is 0 Å². The van der Waals surface area contributed by atoms with Crippen molar-refractivity contribution in [1.29, 1.82) is 0 Å². The van der Waals surface area contributed by atoms with Crippen LogP contribution in [0.2, 0.25) is 0 Å². The van der Waals surface area contributed by atoms with Crippen LogP contribution in [-0.4, -0.2) is 12.6 Å². The maximum Gasteiger partial charge on any atom is 0.306 e. The number of rotatable bonds is 13. The van der Waals surface area contributed by atoms with Crippen molar-refractivity contribution in [3.05, 3.63) is 12.2 Å². The van der Waals surface area contributed by atoms with E-state index < -0.39 is 0 Å². The summed E-state index contributed by atoms with van der Waals surface area (Å²) in [6, 6.07) is 0. The first-order valence-electron chi connectivity index (χ1n) is 8.56. The highest BCUT2D eigenvalue weighted by atomic mass is 16.5. The molecule has 2 nitrogen and oxygen atoms in total. The van der Waals surface area contributed by atoms with Gasteiger partial charge in [0.05, 0.1) is 13.0 Å². The minimum Gasteiger partial charge on any atom is -0.466 e. The van der Waals surface area contributed by atoms with E-state index in [9.17, 15) is 4.79 Å². The number of hydrogen-bond donors (Lipinski definition) is 0. The summed E-state index contributed by atoms with van der Waals surface area (Å²) in [5, 5.41) is 0. The van der Waals surface area contributed by atoms with E-state index in [-0.39, 0.29) is 5.97 Å². The van der Waals surface area contributed by atoms with Gasteiger partial charge in [0.1, 0.15) is 0 Å². The first kappa shape index (κ1) is 19.2. The van der Waals surface area contributed by atoms with E-state index in [1.54, 1.807) is 0 Å². The molecule has 0 heterocycles. The van der Waals surface area contributed by atoms with Gasteiger partial charge in [-0.2, -0.15) is 0 Å². The molecule has 2 heteroatoms. The van der Waals surface area contributed by atoms with E-state index in [0.29, 0.717) is 18.9 Å². The van der Waals surface area contributed by atoms with Crippen LogP contribution in [0.1, 0.15) is 85.0 Å². The molecule has 0 fully saturated rings. The first-order chi connectivity index (χ1) is 9.74. The molecule has 0 aromatic rings. The van der Waals surface area contributed by atoms with Crippen molar-refractivity contribution in [2.45, 2.75) is 85.0 Å². The molecule has 118 valence electrons. The Kier molecular flexibility index (Phi) is 14.0. The molecule has 0 N–H and O–H groups in total. The molecule has 0 saturated carbocycles. The summed E-state index contributed by atoms with van der Waals surface area (Å²) < 4.78 is 5.07. The average molecular weight is 282 g/mol. The van der Waals surface area contributed by atoms with Crippen LogP contribution in [0.4, 0.5) is 0 Å². The lowest BCUT2D eigenvalue weighted by molar-refractivity contribution is -0.143. The number of allylic oxidation sites excluding steroid dienone is 2. The zero-order valence-electron chi connectivity index (χ0n) is 13.8. The Hall–Kier alpha value is -0.790. The van der Waals surface area contributed by atoms with Gasteiger partial charge in [0.25, 0.3) is 0 Å². The Morgan fingerprint density at radius 3 is 2.35 bits per heavy atom. The summed E-state index contributed by atoms with van der Waals surface area (Å²) in [5.74, 6) is 0.316. The second kappa shape index (κ2) is 14.6. The van der Waals surface area contributed by atoms with E-state index in [1.807, 2.05) is 6.92 Å². The first-order valence-corrected chi connectivity index (χ1v) is 8.56. The van der Waals surface area contributed by atoms with Gasteiger partial charge in [0.15, 0.2) is 0 Å². The smallest absolute Gasteiger partial charge is 0.306 e. The lowest BCUT2D eigenvalue weighted by Crippen LogP contribution is -2.10. The van der Waals surface area contributed by atoms with Gasteiger partial charge in [-0.1, -0.05) is 70.9 Å². The standard InChI is InChI=1S/C18H34O2/c1-4-7-9-10-11-13-15-17(14-12-8-5-2)16-18(19)20-6-3/h12,14,17H,4-11,13,15-16H2,1-3H3/b14-12+. The summed E-state index contributed by atoms with van der Waals surface area (Å²) in [7, 11) is 0. The fraction of sp³-hybridized carbons (Fsp3) is 0.833. The maximum absolute atomic E-state index is 11.6. The second-order valence-corrected chi connectivity index (χ2v) is 5.54. The van der Waals surface area contributed by atoms with Gasteiger partial charge in [-0.25, -0.2) is 0 Å². The Bertz CT molecular complexity index is 246. The molecule has 1 atom stereocenters. The molecule has 0 rings (SSSR count). The Morgan fingerprint density at radius 1 is 1.00 bits per heavy atom. The molecule has 1 unspecified atom stereocenters. The fourth-order valence-electron chi connectivity index (χ4n) is 2.34. The van der Waals surface area contributed by atoms with Crippen LogP contribution in [0.5, 0.6) is 0 Å². The molecule has 0 radical (unpaired) electrons. The van der Waals surface area contributed by atoms with E-state index in [2.05, 4.69) is 26.0 Å². The van der Waals surface area contributed by atoms with Gasteiger partial charge in [0.2, 0.25) is 0 Å². The summed E-state index contributed by atoms with van der Waals surface area (Å²) >= 11 is 0. The number of carbonyl (C=O) groups excluding carboxylic acids is 1. The third-order valence-corrected chi connectivity index (χ3v) is 3.53. The molecule has 0 aliphatic carbocycles.